The van der Waals surface area contributed by atoms with Gasteiger partial charge in [-0.05, 0) is 38.8 Å². The van der Waals surface area contributed by atoms with Crippen LogP contribution in [0.2, 0.25) is 0 Å². The van der Waals surface area contributed by atoms with Crippen LogP contribution in [0.1, 0.15) is 38.5 Å². The molecule has 1 fully saturated rings. The smallest absolute Gasteiger partial charge is 0.0931 e. The molecule has 0 aromatic carbocycles. The quantitative estimate of drug-likeness (QED) is 0.819. The molecule has 0 bridgehead atoms. The molecule has 1 aromatic rings. The number of hydrogen-bond acceptors (Lipinski definition) is 3. The molecule has 15 heavy (non-hydrogen) atoms. The summed E-state index contributed by atoms with van der Waals surface area (Å²) in [6.45, 7) is 4.93. The van der Waals surface area contributed by atoms with Crippen LogP contribution >= 0.6 is 0 Å². The molecule has 82 valence electrons. The van der Waals surface area contributed by atoms with Gasteiger partial charge in [-0.3, -0.25) is 4.98 Å². The second-order valence-electron chi connectivity index (χ2n) is 4.13. The minimum atomic E-state index is -0.477. The number of nitrogens with zero attached hydrogens (tertiary/aromatic N) is 2. The van der Waals surface area contributed by atoms with Crippen molar-refractivity contribution >= 4 is 5.69 Å². The Hall–Kier alpha value is -1.09. The lowest BCUT2D eigenvalue weighted by molar-refractivity contribution is 0.194. The third-order valence-electron chi connectivity index (χ3n) is 2.86. The van der Waals surface area contributed by atoms with E-state index < -0.39 is 6.10 Å². The van der Waals surface area contributed by atoms with Crippen molar-refractivity contribution in [1.29, 1.82) is 0 Å². The van der Waals surface area contributed by atoms with Crippen molar-refractivity contribution in [3.63, 3.8) is 0 Å². The summed E-state index contributed by atoms with van der Waals surface area (Å²) >= 11 is 0. The molecule has 0 amide bonds. The average Bonchev–Trinajstić information content (AvgIpc) is 3.04. The molecule has 1 aliphatic rings. The molecule has 0 spiro atoms. The molecule has 1 aromatic heterocycles. The Labute approximate surface area is 90.8 Å². The number of pyridine rings is 1. The average molecular weight is 206 g/mol. The maximum Gasteiger partial charge on any atom is 0.0931 e. The molecule has 0 radical (unpaired) electrons. The van der Waals surface area contributed by atoms with Gasteiger partial charge < -0.3 is 10.0 Å². The van der Waals surface area contributed by atoms with E-state index in [1.807, 2.05) is 12.3 Å². The fourth-order valence-electron chi connectivity index (χ4n) is 1.85. The molecule has 0 unspecified atom stereocenters. The number of anilines is 1. The Morgan fingerprint density at radius 3 is 2.67 bits per heavy atom. The van der Waals surface area contributed by atoms with E-state index in [4.69, 9.17) is 0 Å². The lowest BCUT2D eigenvalue weighted by Gasteiger charge is -2.22. The standard InChI is InChI=1S/C12H18N2O/c1-3-14(10-4-5-10)11-6-7-12(9(2)15)13-8-11/h6-10,15H,3-5H2,1-2H3/t9-/m1/s1. The molecule has 1 atom stereocenters. The summed E-state index contributed by atoms with van der Waals surface area (Å²) in [5.41, 5.74) is 1.91. The van der Waals surface area contributed by atoms with Crippen LogP contribution in [0.25, 0.3) is 0 Å². The van der Waals surface area contributed by atoms with E-state index in [-0.39, 0.29) is 0 Å². The SMILES string of the molecule is CCN(c1ccc([C@@H](C)O)nc1)C1CC1. The van der Waals surface area contributed by atoms with E-state index in [1.54, 1.807) is 6.92 Å². The largest absolute Gasteiger partial charge is 0.387 e. The van der Waals surface area contributed by atoms with Crippen molar-refractivity contribution < 1.29 is 5.11 Å². The number of rotatable bonds is 4. The molecule has 1 aliphatic carbocycles. The second kappa shape index (κ2) is 4.19. The molecule has 0 aliphatic heterocycles. The van der Waals surface area contributed by atoms with Gasteiger partial charge in [-0.15, -0.1) is 0 Å². The molecule has 1 saturated carbocycles. The predicted octanol–water partition coefficient (Wildman–Crippen LogP) is 2.12. The van der Waals surface area contributed by atoms with Gasteiger partial charge >= 0.3 is 0 Å². The van der Waals surface area contributed by atoms with E-state index in [0.717, 1.165) is 12.2 Å². The summed E-state index contributed by atoms with van der Waals surface area (Å²) in [4.78, 5) is 6.64. The molecule has 3 heteroatoms. The van der Waals surface area contributed by atoms with Gasteiger partial charge in [0.25, 0.3) is 0 Å². The van der Waals surface area contributed by atoms with Crippen molar-refractivity contribution in [2.75, 3.05) is 11.4 Å². The third-order valence-corrected chi connectivity index (χ3v) is 2.86. The third kappa shape index (κ3) is 2.29. The number of aliphatic hydroxyl groups excluding tert-OH is 1. The van der Waals surface area contributed by atoms with Gasteiger partial charge in [-0.2, -0.15) is 0 Å². The molecular formula is C12H18N2O. The number of aromatic nitrogens is 1. The first kappa shape index (κ1) is 10.4. The van der Waals surface area contributed by atoms with Crippen LogP contribution in [-0.4, -0.2) is 22.7 Å². The van der Waals surface area contributed by atoms with Gasteiger partial charge in [0.1, 0.15) is 0 Å². The van der Waals surface area contributed by atoms with Gasteiger partial charge in [0.2, 0.25) is 0 Å². The van der Waals surface area contributed by atoms with Crippen molar-refractivity contribution in [3.8, 4) is 0 Å². The maximum absolute atomic E-state index is 9.36. The Bertz CT molecular complexity index is 317. The van der Waals surface area contributed by atoms with Gasteiger partial charge in [-0.1, -0.05) is 0 Å². The summed E-state index contributed by atoms with van der Waals surface area (Å²) in [7, 11) is 0. The highest BCUT2D eigenvalue weighted by molar-refractivity contribution is 5.47. The minimum absolute atomic E-state index is 0.477. The van der Waals surface area contributed by atoms with E-state index in [2.05, 4.69) is 22.9 Å². The Balaban J connectivity index is 2.14. The van der Waals surface area contributed by atoms with E-state index in [0.29, 0.717) is 6.04 Å². The van der Waals surface area contributed by atoms with Gasteiger partial charge in [-0.25, -0.2) is 0 Å². The van der Waals surface area contributed by atoms with Crippen molar-refractivity contribution in [2.45, 2.75) is 38.8 Å². The van der Waals surface area contributed by atoms with Crippen LogP contribution in [0.3, 0.4) is 0 Å². The first-order valence-corrected chi connectivity index (χ1v) is 5.63. The molecule has 2 rings (SSSR count). The van der Waals surface area contributed by atoms with Crippen LogP contribution in [-0.2, 0) is 0 Å². The highest BCUT2D eigenvalue weighted by atomic mass is 16.3. The zero-order chi connectivity index (χ0) is 10.8. The van der Waals surface area contributed by atoms with Crippen molar-refractivity contribution in [3.05, 3.63) is 24.0 Å². The van der Waals surface area contributed by atoms with E-state index in [9.17, 15) is 5.11 Å². The fraction of sp³-hybridized carbons (Fsp3) is 0.583. The summed E-state index contributed by atoms with van der Waals surface area (Å²) < 4.78 is 0. The highest BCUT2D eigenvalue weighted by Crippen LogP contribution is 2.31. The van der Waals surface area contributed by atoms with Crippen molar-refractivity contribution in [1.82, 2.24) is 4.98 Å². The lowest BCUT2D eigenvalue weighted by Crippen LogP contribution is -2.25. The van der Waals surface area contributed by atoms with E-state index in [1.165, 1.54) is 18.5 Å². The molecule has 1 heterocycles. The molecule has 3 nitrogen and oxygen atoms in total. The van der Waals surface area contributed by atoms with Crippen LogP contribution in [0.4, 0.5) is 5.69 Å². The Kier molecular flexibility index (Phi) is 2.91. The maximum atomic E-state index is 9.36. The van der Waals surface area contributed by atoms with Crippen LogP contribution in [0, 0.1) is 0 Å². The van der Waals surface area contributed by atoms with Crippen molar-refractivity contribution in [2.24, 2.45) is 0 Å². The summed E-state index contributed by atoms with van der Waals surface area (Å²) in [6, 6.07) is 4.68. The first-order valence-electron chi connectivity index (χ1n) is 5.63. The van der Waals surface area contributed by atoms with E-state index >= 15 is 0 Å². The molecular weight excluding hydrogens is 188 g/mol. The Morgan fingerprint density at radius 2 is 2.27 bits per heavy atom. The predicted molar refractivity (Wildman–Crippen MR) is 60.9 cm³/mol. The highest BCUT2D eigenvalue weighted by Gasteiger charge is 2.28. The molecule has 0 saturated heterocycles. The molecule has 1 N–H and O–H groups in total. The van der Waals surface area contributed by atoms with Crippen LogP contribution in [0.15, 0.2) is 18.3 Å². The first-order chi connectivity index (χ1) is 7.22. The van der Waals surface area contributed by atoms with Gasteiger partial charge in [0, 0.05) is 12.6 Å². The summed E-state index contributed by atoms with van der Waals surface area (Å²) in [6.07, 6.45) is 3.98. The second-order valence-corrected chi connectivity index (χ2v) is 4.13. The summed E-state index contributed by atoms with van der Waals surface area (Å²) in [5.74, 6) is 0. The summed E-state index contributed by atoms with van der Waals surface area (Å²) in [5, 5.41) is 9.36. The van der Waals surface area contributed by atoms with Gasteiger partial charge in [0.05, 0.1) is 23.7 Å². The van der Waals surface area contributed by atoms with Crippen LogP contribution in [0.5, 0.6) is 0 Å². The minimum Gasteiger partial charge on any atom is -0.387 e. The van der Waals surface area contributed by atoms with Crippen LogP contribution < -0.4 is 4.90 Å². The van der Waals surface area contributed by atoms with Gasteiger partial charge in [0.15, 0.2) is 0 Å². The topological polar surface area (TPSA) is 36.4 Å². The lowest BCUT2D eigenvalue weighted by atomic mass is 10.2. The fourth-order valence-corrected chi connectivity index (χ4v) is 1.85. The zero-order valence-electron chi connectivity index (χ0n) is 9.35. The monoisotopic (exact) mass is 206 g/mol. The normalized spacial score (nSPS) is 17.5. The zero-order valence-corrected chi connectivity index (χ0v) is 9.35. The number of aliphatic hydroxyl groups is 1. The Morgan fingerprint density at radius 1 is 1.53 bits per heavy atom. The number of hydrogen-bond donors (Lipinski definition) is 1.